The topological polar surface area (TPSA) is 35.8 Å². The van der Waals surface area contributed by atoms with Gasteiger partial charge in [0.1, 0.15) is 0 Å². The minimum atomic E-state index is -4.16. The van der Waals surface area contributed by atoms with Gasteiger partial charge in [0, 0.05) is 13.0 Å². The fourth-order valence-electron chi connectivity index (χ4n) is 1.03. The van der Waals surface area contributed by atoms with Crippen LogP contribution in [0.25, 0.3) is 0 Å². The first-order chi connectivity index (χ1) is 6.27. The highest BCUT2D eigenvalue weighted by atomic mass is 19.4. The maximum absolute atomic E-state index is 11.8. The molecule has 82 valence electrons. The highest BCUT2D eigenvalue weighted by molar-refractivity contribution is 4.79. The van der Waals surface area contributed by atoms with Gasteiger partial charge in [0.15, 0.2) is 0 Å². The van der Waals surface area contributed by atoms with Crippen LogP contribution in [0.5, 0.6) is 0 Å². The van der Waals surface area contributed by atoms with Crippen molar-refractivity contribution in [1.29, 1.82) is 5.26 Å². The molecule has 0 aliphatic carbocycles. The second-order valence-corrected chi connectivity index (χ2v) is 4.04. The molecule has 0 bridgehead atoms. The first kappa shape index (κ1) is 13.2. The molecule has 0 rings (SSSR count). The molecule has 0 radical (unpaired) electrons. The van der Waals surface area contributed by atoms with Crippen molar-refractivity contribution in [2.75, 3.05) is 13.1 Å². The van der Waals surface area contributed by atoms with Crippen LogP contribution in [0.1, 0.15) is 26.7 Å². The zero-order chi connectivity index (χ0) is 11.2. The molecule has 0 spiro atoms. The summed E-state index contributed by atoms with van der Waals surface area (Å²) in [5.41, 5.74) is -0.263. The standard InChI is InChI=1S/C9H15F3N2/c1-8(2,4-3-5-13)6-14-7-9(10,11)12/h14H,3-4,6-7H2,1-2H3. The molecule has 2 nitrogen and oxygen atoms in total. The van der Waals surface area contributed by atoms with Gasteiger partial charge in [-0.25, -0.2) is 0 Å². The molecular weight excluding hydrogens is 193 g/mol. The van der Waals surface area contributed by atoms with Crippen LogP contribution in [0.3, 0.4) is 0 Å². The lowest BCUT2D eigenvalue weighted by atomic mass is 9.88. The number of rotatable bonds is 5. The number of hydrogen-bond donors (Lipinski definition) is 1. The van der Waals surface area contributed by atoms with E-state index in [0.29, 0.717) is 12.8 Å². The summed E-state index contributed by atoms with van der Waals surface area (Å²) in [4.78, 5) is 0. The maximum Gasteiger partial charge on any atom is 0.401 e. The van der Waals surface area contributed by atoms with Gasteiger partial charge >= 0.3 is 6.18 Å². The van der Waals surface area contributed by atoms with Crippen LogP contribution in [0.15, 0.2) is 0 Å². The van der Waals surface area contributed by atoms with Gasteiger partial charge in [-0.05, 0) is 11.8 Å². The van der Waals surface area contributed by atoms with Crippen molar-refractivity contribution < 1.29 is 13.2 Å². The smallest absolute Gasteiger partial charge is 0.308 e. The summed E-state index contributed by atoms with van der Waals surface area (Å²) in [6, 6.07) is 1.98. The van der Waals surface area contributed by atoms with Crippen molar-refractivity contribution in [3.63, 3.8) is 0 Å². The van der Waals surface area contributed by atoms with E-state index >= 15 is 0 Å². The number of nitrogens with zero attached hydrogens (tertiary/aromatic N) is 1. The molecule has 0 aliphatic rings. The summed E-state index contributed by atoms with van der Waals surface area (Å²) in [6.07, 6.45) is -3.18. The summed E-state index contributed by atoms with van der Waals surface area (Å²) < 4.78 is 35.3. The van der Waals surface area contributed by atoms with Gasteiger partial charge < -0.3 is 5.32 Å². The summed E-state index contributed by atoms with van der Waals surface area (Å²) in [6.45, 7) is 2.98. The number of nitrogens with one attached hydrogen (secondary N) is 1. The summed E-state index contributed by atoms with van der Waals surface area (Å²) >= 11 is 0. The lowest BCUT2D eigenvalue weighted by molar-refractivity contribution is -0.125. The SMILES string of the molecule is CC(C)(CCC#N)CNCC(F)(F)F. The third-order valence-electron chi connectivity index (χ3n) is 1.84. The van der Waals surface area contributed by atoms with E-state index in [2.05, 4.69) is 5.32 Å². The van der Waals surface area contributed by atoms with E-state index in [1.807, 2.05) is 19.9 Å². The Balaban J connectivity index is 3.72. The summed E-state index contributed by atoms with van der Waals surface area (Å²) in [7, 11) is 0. The zero-order valence-corrected chi connectivity index (χ0v) is 8.41. The van der Waals surface area contributed by atoms with E-state index in [4.69, 9.17) is 5.26 Å². The molecule has 0 unspecified atom stereocenters. The Hall–Kier alpha value is -0.760. The van der Waals surface area contributed by atoms with Crippen molar-refractivity contribution in [1.82, 2.24) is 5.32 Å². The minimum absolute atomic E-state index is 0.263. The normalized spacial score (nSPS) is 12.6. The third-order valence-corrected chi connectivity index (χ3v) is 1.84. The minimum Gasteiger partial charge on any atom is -0.308 e. The number of hydrogen-bond acceptors (Lipinski definition) is 2. The lowest BCUT2D eigenvalue weighted by Crippen LogP contribution is -2.36. The lowest BCUT2D eigenvalue weighted by Gasteiger charge is -2.24. The average Bonchev–Trinajstić information content (AvgIpc) is 1.98. The van der Waals surface area contributed by atoms with Crippen LogP contribution in [0, 0.1) is 16.7 Å². The van der Waals surface area contributed by atoms with E-state index in [1.54, 1.807) is 0 Å². The molecule has 1 N–H and O–H groups in total. The van der Waals surface area contributed by atoms with Crippen LogP contribution in [0.4, 0.5) is 13.2 Å². The molecular formula is C9H15F3N2. The molecule has 0 aromatic heterocycles. The van der Waals surface area contributed by atoms with Crippen molar-refractivity contribution in [2.24, 2.45) is 5.41 Å². The highest BCUT2D eigenvalue weighted by Crippen LogP contribution is 2.21. The predicted octanol–water partition coefficient (Wildman–Crippen LogP) is 2.47. The molecule has 0 saturated carbocycles. The van der Waals surface area contributed by atoms with Crippen molar-refractivity contribution in [3.8, 4) is 6.07 Å². The Labute approximate surface area is 82.1 Å². The second-order valence-electron chi connectivity index (χ2n) is 4.04. The fourth-order valence-corrected chi connectivity index (χ4v) is 1.03. The Morgan fingerprint density at radius 3 is 2.21 bits per heavy atom. The van der Waals surface area contributed by atoms with Gasteiger partial charge in [-0.3, -0.25) is 0 Å². The molecule has 0 aliphatic heterocycles. The van der Waals surface area contributed by atoms with Gasteiger partial charge in [0.2, 0.25) is 0 Å². The van der Waals surface area contributed by atoms with Gasteiger partial charge in [0.05, 0.1) is 12.6 Å². The molecule has 0 atom stereocenters. The average molecular weight is 208 g/mol. The van der Waals surface area contributed by atoms with E-state index < -0.39 is 12.7 Å². The molecule has 0 heterocycles. The molecule has 5 heteroatoms. The van der Waals surface area contributed by atoms with Crippen LogP contribution >= 0.6 is 0 Å². The molecule has 0 fully saturated rings. The van der Waals surface area contributed by atoms with Crippen LogP contribution in [-0.4, -0.2) is 19.3 Å². The number of alkyl halides is 3. The van der Waals surface area contributed by atoms with E-state index in [1.165, 1.54) is 0 Å². The first-order valence-electron chi connectivity index (χ1n) is 4.41. The van der Waals surface area contributed by atoms with Crippen molar-refractivity contribution >= 4 is 0 Å². The van der Waals surface area contributed by atoms with Crippen LogP contribution in [-0.2, 0) is 0 Å². The molecule has 14 heavy (non-hydrogen) atoms. The summed E-state index contributed by atoms with van der Waals surface area (Å²) in [5.74, 6) is 0. The Bertz CT molecular complexity index is 203. The Kier molecular flexibility index (Phi) is 4.92. The van der Waals surface area contributed by atoms with E-state index in [-0.39, 0.29) is 12.0 Å². The fraction of sp³-hybridized carbons (Fsp3) is 0.889. The molecule has 0 amide bonds. The Morgan fingerprint density at radius 2 is 1.79 bits per heavy atom. The monoisotopic (exact) mass is 208 g/mol. The first-order valence-corrected chi connectivity index (χ1v) is 4.41. The largest absolute Gasteiger partial charge is 0.401 e. The summed E-state index contributed by atoms with van der Waals surface area (Å²) in [5, 5.41) is 10.7. The van der Waals surface area contributed by atoms with Crippen molar-refractivity contribution in [3.05, 3.63) is 0 Å². The second kappa shape index (κ2) is 5.20. The molecule has 0 aromatic rings. The highest BCUT2D eigenvalue weighted by Gasteiger charge is 2.27. The van der Waals surface area contributed by atoms with Gasteiger partial charge in [0.25, 0.3) is 0 Å². The third kappa shape index (κ3) is 7.87. The van der Waals surface area contributed by atoms with Crippen LogP contribution < -0.4 is 5.32 Å². The van der Waals surface area contributed by atoms with E-state index in [9.17, 15) is 13.2 Å². The van der Waals surface area contributed by atoms with Crippen LogP contribution in [0.2, 0.25) is 0 Å². The Morgan fingerprint density at radius 1 is 1.21 bits per heavy atom. The number of halogens is 3. The van der Waals surface area contributed by atoms with E-state index in [0.717, 1.165) is 0 Å². The molecule has 0 saturated heterocycles. The maximum atomic E-state index is 11.8. The zero-order valence-electron chi connectivity index (χ0n) is 8.41. The number of nitriles is 1. The molecule has 0 aromatic carbocycles. The van der Waals surface area contributed by atoms with Gasteiger partial charge in [-0.2, -0.15) is 18.4 Å². The quantitative estimate of drug-likeness (QED) is 0.753. The van der Waals surface area contributed by atoms with Gasteiger partial charge in [-0.15, -0.1) is 0 Å². The van der Waals surface area contributed by atoms with Gasteiger partial charge in [-0.1, -0.05) is 13.8 Å². The van der Waals surface area contributed by atoms with Crippen molar-refractivity contribution in [2.45, 2.75) is 32.9 Å². The predicted molar refractivity (Wildman–Crippen MR) is 47.6 cm³/mol.